The molecule has 1 atom stereocenters. The Labute approximate surface area is 181 Å². The topological polar surface area (TPSA) is 58.6 Å². The van der Waals surface area contributed by atoms with Gasteiger partial charge in [-0.3, -0.25) is 9.59 Å². The Morgan fingerprint density at radius 2 is 1.76 bits per heavy atom. The van der Waals surface area contributed by atoms with Gasteiger partial charge in [0.1, 0.15) is 11.8 Å². The van der Waals surface area contributed by atoms with Crippen molar-refractivity contribution in [3.05, 3.63) is 62.6 Å². The molecular weight excluding hydrogens is 411 g/mol. The zero-order valence-corrected chi connectivity index (χ0v) is 18.8. The lowest BCUT2D eigenvalue weighted by molar-refractivity contribution is -0.142. The van der Waals surface area contributed by atoms with Crippen LogP contribution in [0, 0.1) is 20.8 Å². The Balaban J connectivity index is 2.26. The van der Waals surface area contributed by atoms with E-state index in [-0.39, 0.29) is 25.0 Å². The van der Waals surface area contributed by atoms with Crippen molar-refractivity contribution >= 4 is 35.0 Å². The van der Waals surface area contributed by atoms with Crippen LogP contribution in [-0.2, 0) is 16.1 Å². The molecule has 0 saturated heterocycles. The maximum absolute atomic E-state index is 13.0. The molecule has 0 saturated carbocycles. The van der Waals surface area contributed by atoms with Gasteiger partial charge in [-0.05, 0) is 62.6 Å². The minimum atomic E-state index is -0.719. The van der Waals surface area contributed by atoms with Gasteiger partial charge in [-0.15, -0.1) is 0 Å². The lowest BCUT2D eigenvalue weighted by atomic mass is 10.1. The fourth-order valence-electron chi connectivity index (χ4n) is 3.02. The molecule has 0 aromatic heterocycles. The largest absolute Gasteiger partial charge is 0.483 e. The SMILES string of the molecule is CNC(=O)[C@@H](C)N(Cc1c(Cl)cccc1Cl)C(=O)COc1cc(C)cc(C)c1C. The molecule has 2 aromatic carbocycles. The van der Waals surface area contributed by atoms with E-state index in [2.05, 4.69) is 11.4 Å². The molecule has 0 spiro atoms. The summed E-state index contributed by atoms with van der Waals surface area (Å²) in [7, 11) is 1.53. The summed E-state index contributed by atoms with van der Waals surface area (Å²) in [5.74, 6) is 0.0268. The van der Waals surface area contributed by atoms with Gasteiger partial charge in [0.2, 0.25) is 5.91 Å². The molecule has 2 aromatic rings. The molecule has 7 heteroatoms. The Bertz CT molecular complexity index is 895. The second-order valence-electron chi connectivity index (χ2n) is 7.01. The third-order valence-corrected chi connectivity index (χ3v) is 5.63. The van der Waals surface area contributed by atoms with Crippen LogP contribution < -0.4 is 10.1 Å². The van der Waals surface area contributed by atoms with Crippen molar-refractivity contribution in [3.8, 4) is 5.75 Å². The van der Waals surface area contributed by atoms with Crippen molar-refractivity contribution in [1.29, 1.82) is 0 Å². The molecule has 0 unspecified atom stereocenters. The zero-order valence-electron chi connectivity index (χ0n) is 17.3. The molecule has 5 nitrogen and oxygen atoms in total. The number of aryl methyl sites for hydroxylation is 2. The number of carbonyl (C=O) groups excluding carboxylic acids is 2. The number of ether oxygens (including phenoxy) is 1. The smallest absolute Gasteiger partial charge is 0.261 e. The van der Waals surface area contributed by atoms with E-state index in [1.54, 1.807) is 25.1 Å². The summed E-state index contributed by atoms with van der Waals surface area (Å²) in [6.45, 7) is 7.47. The van der Waals surface area contributed by atoms with Gasteiger partial charge in [-0.1, -0.05) is 35.3 Å². The van der Waals surface area contributed by atoms with Crippen LogP contribution >= 0.6 is 23.2 Å². The number of benzene rings is 2. The predicted octanol–water partition coefficient (Wildman–Crippen LogP) is 4.46. The van der Waals surface area contributed by atoms with Crippen LogP contribution in [0.3, 0.4) is 0 Å². The van der Waals surface area contributed by atoms with Gasteiger partial charge in [-0.2, -0.15) is 0 Å². The van der Waals surface area contributed by atoms with E-state index in [9.17, 15) is 9.59 Å². The first-order chi connectivity index (χ1) is 13.6. The van der Waals surface area contributed by atoms with Crippen LogP contribution in [0.4, 0.5) is 0 Å². The quantitative estimate of drug-likeness (QED) is 0.696. The Morgan fingerprint density at radius 1 is 1.14 bits per heavy atom. The average molecular weight is 437 g/mol. The first-order valence-electron chi connectivity index (χ1n) is 9.30. The molecule has 29 heavy (non-hydrogen) atoms. The van der Waals surface area contributed by atoms with E-state index in [0.717, 1.165) is 16.7 Å². The number of amides is 2. The summed E-state index contributed by atoms with van der Waals surface area (Å²) in [6.07, 6.45) is 0. The number of likely N-dealkylation sites (N-methyl/N-ethyl adjacent to an activating group) is 1. The number of nitrogens with one attached hydrogen (secondary N) is 1. The van der Waals surface area contributed by atoms with Crippen molar-refractivity contribution in [2.24, 2.45) is 0 Å². The summed E-state index contributed by atoms with van der Waals surface area (Å²) in [5, 5.41) is 3.44. The molecule has 0 bridgehead atoms. The highest BCUT2D eigenvalue weighted by Crippen LogP contribution is 2.27. The molecule has 0 aliphatic rings. The molecule has 0 heterocycles. The van der Waals surface area contributed by atoms with E-state index in [4.69, 9.17) is 27.9 Å². The Kier molecular flexibility index (Phi) is 7.94. The number of hydrogen-bond donors (Lipinski definition) is 1. The summed E-state index contributed by atoms with van der Waals surface area (Å²) < 4.78 is 5.81. The highest BCUT2D eigenvalue weighted by atomic mass is 35.5. The molecule has 2 rings (SSSR count). The zero-order chi connectivity index (χ0) is 21.7. The van der Waals surface area contributed by atoms with E-state index in [0.29, 0.717) is 21.4 Å². The molecule has 156 valence electrons. The average Bonchev–Trinajstić information content (AvgIpc) is 2.68. The normalized spacial score (nSPS) is 11.7. The Hall–Kier alpha value is -2.24. The minimum Gasteiger partial charge on any atom is -0.483 e. The molecule has 0 fully saturated rings. The summed E-state index contributed by atoms with van der Waals surface area (Å²) >= 11 is 12.5. The first-order valence-corrected chi connectivity index (χ1v) is 10.1. The molecule has 2 amide bonds. The van der Waals surface area contributed by atoms with Gasteiger partial charge >= 0.3 is 0 Å². The van der Waals surface area contributed by atoms with Crippen LogP contribution in [0.25, 0.3) is 0 Å². The number of halogens is 2. The van der Waals surface area contributed by atoms with Gasteiger partial charge in [-0.25, -0.2) is 0 Å². The maximum Gasteiger partial charge on any atom is 0.261 e. The predicted molar refractivity (Wildman–Crippen MR) is 117 cm³/mol. The van der Waals surface area contributed by atoms with Crippen molar-refractivity contribution in [2.75, 3.05) is 13.7 Å². The van der Waals surface area contributed by atoms with Gasteiger partial charge in [0, 0.05) is 29.2 Å². The lowest BCUT2D eigenvalue weighted by Gasteiger charge is -2.29. The second-order valence-corrected chi connectivity index (χ2v) is 7.82. The van der Waals surface area contributed by atoms with Crippen LogP contribution in [-0.4, -0.2) is 36.4 Å². The van der Waals surface area contributed by atoms with Crippen molar-refractivity contribution in [3.63, 3.8) is 0 Å². The van der Waals surface area contributed by atoms with Gasteiger partial charge in [0.25, 0.3) is 5.91 Å². The van der Waals surface area contributed by atoms with Crippen LogP contribution in [0.15, 0.2) is 30.3 Å². The number of hydrogen-bond acceptors (Lipinski definition) is 3. The maximum atomic E-state index is 13.0. The van der Waals surface area contributed by atoms with Gasteiger partial charge in [0.05, 0.1) is 0 Å². The van der Waals surface area contributed by atoms with Crippen molar-refractivity contribution in [1.82, 2.24) is 10.2 Å². The third-order valence-electron chi connectivity index (χ3n) is 4.92. The van der Waals surface area contributed by atoms with E-state index in [1.165, 1.54) is 11.9 Å². The second kappa shape index (κ2) is 9.99. The lowest BCUT2D eigenvalue weighted by Crippen LogP contribution is -2.48. The van der Waals surface area contributed by atoms with Crippen LogP contribution in [0.5, 0.6) is 5.75 Å². The fraction of sp³-hybridized carbons (Fsp3) is 0.364. The van der Waals surface area contributed by atoms with E-state index < -0.39 is 6.04 Å². The number of nitrogens with zero attached hydrogens (tertiary/aromatic N) is 1. The number of carbonyl (C=O) groups is 2. The highest BCUT2D eigenvalue weighted by molar-refractivity contribution is 6.36. The summed E-state index contributed by atoms with van der Waals surface area (Å²) in [4.78, 5) is 26.7. The van der Waals surface area contributed by atoms with Gasteiger partial charge in [0.15, 0.2) is 6.61 Å². The third kappa shape index (κ3) is 5.64. The van der Waals surface area contributed by atoms with Crippen LogP contribution in [0.1, 0.15) is 29.2 Å². The highest BCUT2D eigenvalue weighted by Gasteiger charge is 2.27. The standard InChI is InChI=1S/C22H26Cl2N2O3/c1-13-9-14(2)15(3)20(10-13)29-12-21(27)26(16(4)22(28)25-5)11-17-18(23)7-6-8-19(17)24/h6-10,16H,11-12H2,1-5H3,(H,25,28)/t16-/m1/s1. The summed E-state index contributed by atoms with van der Waals surface area (Å²) in [5.41, 5.74) is 3.70. The molecule has 0 aliphatic heterocycles. The molecule has 1 N–H and O–H groups in total. The Morgan fingerprint density at radius 3 is 2.34 bits per heavy atom. The van der Waals surface area contributed by atoms with E-state index in [1.807, 2.05) is 26.8 Å². The minimum absolute atomic E-state index is 0.0983. The fourth-order valence-corrected chi connectivity index (χ4v) is 3.54. The first kappa shape index (κ1) is 23.0. The molecular formula is C22H26Cl2N2O3. The van der Waals surface area contributed by atoms with Crippen molar-refractivity contribution in [2.45, 2.75) is 40.3 Å². The summed E-state index contributed by atoms with van der Waals surface area (Å²) in [6, 6.07) is 8.37. The molecule has 0 radical (unpaired) electrons. The number of rotatable bonds is 7. The van der Waals surface area contributed by atoms with Gasteiger partial charge < -0.3 is 15.0 Å². The monoisotopic (exact) mass is 436 g/mol. The van der Waals surface area contributed by atoms with E-state index >= 15 is 0 Å². The van der Waals surface area contributed by atoms with Crippen molar-refractivity contribution < 1.29 is 14.3 Å². The van der Waals surface area contributed by atoms with Crippen LogP contribution in [0.2, 0.25) is 10.0 Å². The molecule has 0 aliphatic carbocycles.